The van der Waals surface area contributed by atoms with Crippen molar-refractivity contribution in [2.24, 2.45) is 10.3 Å². The van der Waals surface area contributed by atoms with E-state index in [9.17, 15) is 8.42 Å². The second-order valence-electron chi connectivity index (χ2n) is 8.85. The Morgan fingerprint density at radius 1 is 1.13 bits per heavy atom. The van der Waals surface area contributed by atoms with E-state index < -0.39 is 15.3 Å². The van der Waals surface area contributed by atoms with Crippen LogP contribution in [0.1, 0.15) is 72.6 Å². The predicted octanol–water partition coefficient (Wildman–Crippen LogP) is 3.00. The summed E-state index contributed by atoms with van der Waals surface area (Å²) in [5.41, 5.74) is 0.0990. The van der Waals surface area contributed by atoms with Crippen LogP contribution in [0.2, 0.25) is 0 Å². The van der Waals surface area contributed by atoms with Gasteiger partial charge in [-0.15, -0.1) is 4.40 Å². The number of sulfonamides is 1. The third-order valence-electron chi connectivity index (χ3n) is 5.28. The van der Waals surface area contributed by atoms with E-state index in [-0.39, 0.29) is 17.2 Å². The van der Waals surface area contributed by atoms with Gasteiger partial charge in [0.2, 0.25) is 5.90 Å². The topological polar surface area (TPSA) is 67.8 Å². The lowest BCUT2D eigenvalue weighted by Gasteiger charge is -2.47. The molecule has 0 aromatic rings. The monoisotopic (exact) mass is 342 g/mol. The van der Waals surface area contributed by atoms with Crippen LogP contribution in [-0.4, -0.2) is 36.7 Å². The molecule has 3 rings (SSSR count). The van der Waals surface area contributed by atoms with Gasteiger partial charge in [0.25, 0.3) is 10.0 Å². The fourth-order valence-corrected chi connectivity index (χ4v) is 6.53. The predicted molar refractivity (Wildman–Crippen MR) is 92.1 cm³/mol. The molecule has 2 fully saturated rings. The number of nitrogens with zero attached hydrogens (tertiary/aromatic N) is 1. The highest BCUT2D eigenvalue weighted by Gasteiger charge is 2.43. The third kappa shape index (κ3) is 3.90. The van der Waals surface area contributed by atoms with Crippen LogP contribution in [0, 0.1) is 5.92 Å². The van der Waals surface area contributed by atoms with Crippen LogP contribution in [-0.2, 0) is 14.8 Å². The van der Waals surface area contributed by atoms with Crippen molar-refractivity contribution in [2.75, 3.05) is 0 Å². The SMILES string of the molecule is CC1(C)CC(CC2=NS(=O)(=O)C3CCCCC3O2)CC(C)(C)N1. The Bertz CT molecular complexity index is 579. The molecule has 0 radical (unpaired) electrons. The van der Waals surface area contributed by atoms with Crippen LogP contribution < -0.4 is 5.32 Å². The van der Waals surface area contributed by atoms with Crippen molar-refractivity contribution in [3.8, 4) is 0 Å². The molecule has 1 saturated carbocycles. The van der Waals surface area contributed by atoms with Gasteiger partial charge in [-0.2, -0.15) is 0 Å². The minimum absolute atomic E-state index is 0.0495. The van der Waals surface area contributed by atoms with E-state index in [0.717, 1.165) is 32.1 Å². The zero-order valence-electron chi connectivity index (χ0n) is 14.8. The van der Waals surface area contributed by atoms with Crippen molar-refractivity contribution in [3.05, 3.63) is 0 Å². The molecule has 2 unspecified atom stereocenters. The number of rotatable bonds is 2. The van der Waals surface area contributed by atoms with Crippen molar-refractivity contribution >= 4 is 15.9 Å². The zero-order valence-corrected chi connectivity index (χ0v) is 15.6. The molecule has 23 heavy (non-hydrogen) atoms. The minimum atomic E-state index is -3.39. The molecule has 1 aliphatic carbocycles. The van der Waals surface area contributed by atoms with Gasteiger partial charge in [-0.05, 0) is 65.7 Å². The van der Waals surface area contributed by atoms with Crippen molar-refractivity contribution in [2.45, 2.75) is 95.1 Å². The largest absolute Gasteiger partial charge is 0.475 e. The minimum Gasteiger partial charge on any atom is -0.475 e. The lowest BCUT2D eigenvalue weighted by molar-refractivity contribution is 0.110. The Hall–Kier alpha value is -0.620. The molecule has 0 amide bonds. The van der Waals surface area contributed by atoms with E-state index in [1.165, 1.54) is 0 Å². The molecule has 0 aromatic heterocycles. The van der Waals surface area contributed by atoms with Gasteiger partial charge in [0.05, 0.1) is 0 Å². The van der Waals surface area contributed by atoms with Crippen LogP contribution in [0.25, 0.3) is 0 Å². The fraction of sp³-hybridized carbons (Fsp3) is 0.941. The molecule has 2 atom stereocenters. The Morgan fingerprint density at radius 2 is 1.74 bits per heavy atom. The molecule has 1 saturated heterocycles. The maximum atomic E-state index is 12.4. The molecular formula is C17H30N2O3S. The zero-order chi connectivity index (χ0) is 16.9. The summed E-state index contributed by atoms with van der Waals surface area (Å²) in [4.78, 5) is 0. The number of piperidine rings is 1. The first kappa shape index (κ1) is 17.2. The van der Waals surface area contributed by atoms with E-state index in [1.54, 1.807) is 0 Å². The summed E-state index contributed by atoms with van der Waals surface area (Å²) in [6, 6.07) is 0. The normalized spacial score (nSPS) is 35.7. The van der Waals surface area contributed by atoms with Crippen molar-refractivity contribution in [1.82, 2.24) is 5.32 Å². The van der Waals surface area contributed by atoms with Gasteiger partial charge < -0.3 is 10.1 Å². The Morgan fingerprint density at radius 3 is 2.39 bits per heavy atom. The summed E-state index contributed by atoms with van der Waals surface area (Å²) in [5, 5.41) is 3.25. The fourth-order valence-electron chi connectivity index (χ4n) is 4.95. The quantitative estimate of drug-likeness (QED) is 0.837. The number of hydrogen-bond acceptors (Lipinski definition) is 4. The average molecular weight is 343 g/mol. The molecular weight excluding hydrogens is 312 g/mol. The molecule has 6 heteroatoms. The van der Waals surface area contributed by atoms with Gasteiger partial charge in [-0.1, -0.05) is 6.42 Å². The van der Waals surface area contributed by atoms with Gasteiger partial charge >= 0.3 is 0 Å². The van der Waals surface area contributed by atoms with Gasteiger partial charge in [0, 0.05) is 17.5 Å². The van der Waals surface area contributed by atoms with Crippen LogP contribution in [0.3, 0.4) is 0 Å². The Kier molecular flexibility index (Phi) is 4.28. The average Bonchev–Trinajstić information content (AvgIpc) is 2.33. The summed E-state index contributed by atoms with van der Waals surface area (Å²) < 4.78 is 34.9. The molecule has 0 spiro atoms. The first-order valence-electron chi connectivity index (χ1n) is 8.85. The highest BCUT2D eigenvalue weighted by molar-refractivity contribution is 7.91. The first-order chi connectivity index (χ1) is 10.6. The van der Waals surface area contributed by atoms with E-state index in [1.807, 2.05) is 0 Å². The van der Waals surface area contributed by atoms with E-state index in [0.29, 0.717) is 24.7 Å². The van der Waals surface area contributed by atoms with Gasteiger partial charge in [-0.3, -0.25) is 0 Å². The number of fused-ring (bicyclic) bond motifs is 1. The van der Waals surface area contributed by atoms with Crippen LogP contribution in [0.5, 0.6) is 0 Å². The first-order valence-corrected chi connectivity index (χ1v) is 10.4. The smallest absolute Gasteiger partial charge is 0.262 e. The molecule has 0 bridgehead atoms. The summed E-state index contributed by atoms with van der Waals surface area (Å²) in [6.07, 6.45) is 6.02. The second-order valence-corrected chi connectivity index (χ2v) is 10.7. The summed E-state index contributed by atoms with van der Waals surface area (Å²) in [5.74, 6) is 0.849. The van der Waals surface area contributed by atoms with Crippen molar-refractivity contribution < 1.29 is 13.2 Å². The summed E-state index contributed by atoms with van der Waals surface area (Å²) >= 11 is 0. The molecule has 3 aliphatic rings. The van der Waals surface area contributed by atoms with Crippen LogP contribution >= 0.6 is 0 Å². The molecule has 1 N–H and O–H groups in total. The molecule has 0 aromatic carbocycles. The highest BCUT2D eigenvalue weighted by Crippen LogP contribution is 2.37. The summed E-state index contributed by atoms with van der Waals surface area (Å²) in [6.45, 7) is 8.83. The van der Waals surface area contributed by atoms with E-state index in [2.05, 4.69) is 37.4 Å². The lowest BCUT2D eigenvalue weighted by atomic mass is 9.74. The maximum Gasteiger partial charge on any atom is 0.262 e. The highest BCUT2D eigenvalue weighted by atomic mass is 32.2. The Balaban J connectivity index is 1.76. The Labute approximate surface area is 140 Å². The summed E-state index contributed by atoms with van der Waals surface area (Å²) in [7, 11) is -3.39. The molecule has 2 heterocycles. The number of nitrogens with one attached hydrogen (secondary N) is 1. The maximum absolute atomic E-state index is 12.4. The van der Waals surface area contributed by atoms with E-state index in [4.69, 9.17) is 4.74 Å². The second kappa shape index (κ2) is 5.73. The van der Waals surface area contributed by atoms with Crippen molar-refractivity contribution in [1.29, 1.82) is 0 Å². The molecule has 5 nitrogen and oxygen atoms in total. The third-order valence-corrected chi connectivity index (χ3v) is 7.04. The number of ether oxygens (including phenoxy) is 1. The van der Waals surface area contributed by atoms with Crippen molar-refractivity contribution in [3.63, 3.8) is 0 Å². The molecule has 132 valence electrons. The number of hydrogen-bond donors (Lipinski definition) is 1. The van der Waals surface area contributed by atoms with Gasteiger partial charge in [-0.25, -0.2) is 8.42 Å². The van der Waals surface area contributed by atoms with E-state index >= 15 is 0 Å². The lowest BCUT2D eigenvalue weighted by Crippen LogP contribution is -2.58. The molecule has 2 aliphatic heterocycles. The van der Waals surface area contributed by atoms with Crippen LogP contribution in [0.15, 0.2) is 4.40 Å². The standard InChI is InChI=1S/C17H30N2O3S/c1-16(2)10-12(11-17(3,4)19-16)9-15-18-23(20,21)14-8-6-5-7-13(14)22-15/h12-14,19H,5-11H2,1-4H3. The van der Waals surface area contributed by atoms with Gasteiger partial charge in [0.15, 0.2) is 0 Å². The van der Waals surface area contributed by atoms with Gasteiger partial charge in [0.1, 0.15) is 11.4 Å². The van der Waals surface area contributed by atoms with Crippen LogP contribution in [0.4, 0.5) is 0 Å².